The molecule has 2 aliphatic heterocycles. The molecule has 0 saturated carbocycles. The van der Waals surface area contributed by atoms with Crippen LogP contribution in [-0.4, -0.2) is 70.5 Å². The van der Waals surface area contributed by atoms with Gasteiger partial charge in [0.15, 0.2) is 0 Å². The average Bonchev–Trinajstić information content (AvgIpc) is 2.86. The number of aromatic nitrogens is 3. The van der Waals surface area contributed by atoms with E-state index in [1.165, 1.54) is 5.56 Å². The van der Waals surface area contributed by atoms with Crippen molar-refractivity contribution in [2.75, 3.05) is 50.0 Å². The normalized spacial score (nSPS) is 21.3. The summed E-state index contributed by atoms with van der Waals surface area (Å²) in [6.45, 7) is 6.00. The topological polar surface area (TPSA) is 95.4 Å². The number of aliphatic hydroxyl groups is 1. The largest absolute Gasteiger partial charge is 0.393 e. The molecule has 1 unspecified atom stereocenters. The molecule has 3 N–H and O–H groups in total. The summed E-state index contributed by atoms with van der Waals surface area (Å²) < 4.78 is 5.44. The third kappa shape index (κ3) is 7.75. The highest BCUT2D eigenvalue weighted by Gasteiger charge is 2.14. The fourth-order valence-corrected chi connectivity index (χ4v) is 4.31. The van der Waals surface area contributed by atoms with Gasteiger partial charge in [0.25, 0.3) is 0 Å². The number of rotatable bonds is 3. The molecule has 4 heterocycles. The standard InChI is InChI=1S/C26H38N6O2/c33-22-8-4-2-1-3-6-13-28-26-30-19-23(25(31-26)27-12-7-5-9-22)24-11-10-21(18-29-24)20-32-14-16-34-17-15-32/h1,3,10-11,18-19,22,33H,2,4-9,12-17,20H2,(H2,27,28,30,31). The summed E-state index contributed by atoms with van der Waals surface area (Å²) in [5.74, 6) is 1.43. The van der Waals surface area contributed by atoms with Crippen LogP contribution in [0.5, 0.6) is 0 Å². The summed E-state index contributed by atoms with van der Waals surface area (Å²) in [6, 6.07) is 4.20. The summed E-state index contributed by atoms with van der Waals surface area (Å²) in [4.78, 5) is 16.4. The van der Waals surface area contributed by atoms with E-state index in [0.717, 1.165) is 108 Å². The number of morpholine rings is 1. The molecule has 8 nitrogen and oxygen atoms in total. The zero-order valence-electron chi connectivity index (χ0n) is 20.1. The Hall–Kier alpha value is -2.55. The van der Waals surface area contributed by atoms with Gasteiger partial charge in [-0.3, -0.25) is 9.88 Å². The van der Waals surface area contributed by atoms with Gasteiger partial charge in [-0.05, 0) is 56.6 Å². The first-order valence-corrected chi connectivity index (χ1v) is 12.7. The van der Waals surface area contributed by atoms with Crippen molar-refractivity contribution in [3.05, 3.63) is 42.2 Å². The smallest absolute Gasteiger partial charge is 0.224 e. The van der Waals surface area contributed by atoms with Crippen LogP contribution in [0.4, 0.5) is 11.8 Å². The molecule has 0 spiro atoms. The van der Waals surface area contributed by atoms with Crippen LogP contribution in [0.2, 0.25) is 0 Å². The number of aliphatic hydroxyl groups excluding tert-OH is 1. The van der Waals surface area contributed by atoms with Gasteiger partial charge in [0.05, 0.1) is 30.6 Å². The number of ether oxygens (including phenoxy) is 1. The number of anilines is 2. The Balaban J connectivity index is 1.45. The first kappa shape index (κ1) is 24.6. The molecule has 184 valence electrons. The van der Waals surface area contributed by atoms with E-state index in [1.54, 1.807) is 0 Å². The second-order valence-corrected chi connectivity index (χ2v) is 9.09. The summed E-state index contributed by atoms with van der Waals surface area (Å²) in [5.41, 5.74) is 2.97. The van der Waals surface area contributed by atoms with Gasteiger partial charge in [-0.15, -0.1) is 0 Å². The van der Waals surface area contributed by atoms with Crippen molar-refractivity contribution < 1.29 is 9.84 Å². The first-order chi connectivity index (χ1) is 16.8. The quantitative estimate of drug-likeness (QED) is 0.587. The molecule has 1 saturated heterocycles. The summed E-state index contributed by atoms with van der Waals surface area (Å²) in [6.07, 6.45) is 14.7. The lowest BCUT2D eigenvalue weighted by atomic mass is 10.1. The molecule has 2 bridgehead atoms. The molecule has 2 aromatic rings. The minimum absolute atomic E-state index is 0.202. The Morgan fingerprint density at radius 3 is 2.65 bits per heavy atom. The average molecular weight is 467 g/mol. The minimum atomic E-state index is -0.202. The lowest BCUT2D eigenvalue weighted by Gasteiger charge is -2.26. The number of fused-ring (bicyclic) bond motifs is 2. The van der Waals surface area contributed by atoms with Crippen molar-refractivity contribution in [3.63, 3.8) is 0 Å². The van der Waals surface area contributed by atoms with Crippen molar-refractivity contribution >= 4 is 11.8 Å². The van der Waals surface area contributed by atoms with Crippen molar-refractivity contribution in [3.8, 4) is 11.3 Å². The zero-order chi connectivity index (χ0) is 23.4. The SMILES string of the molecule is OC1CCCC=CCCNc2ncc(-c3ccc(CN4CCOCC4)cn3)c(n2)NCCCC1. The molecular weight excluding hydrogens is 428 g/mol. The second kappa shape index (κ2) is 13.4. The zero-order valence-corrected chi connectivity index (χ0v) is 20.1. The first-order valence-electron chi connectivity index (χ1n) is 12.7. The number of hydrogen-bond donors (Lipinski definition) is 3. The van der Waals surface area contributed by atoms with Crippen molar-refractivity contribution in [1.29, 1.82) is 0 Å². The number of pyridine rings is 1. The van der Waals surface area contributed by atoms with Gasteiger partial charge in [0.2, 0.25) is 5.95 Å². The molecule has 34 heavy (non-hydrogen) atoms. The third-order valence-electron chi connectivity index (χ3n) is 6.32. The van der Waals surface area contributed by atoms with Gasteiger partial charge in [-0.2, -0.15) is 4.98 Å². The maximum Gasteiger partial charge on any atom is 0.224 e. The summed E-state index contributed by atoms with van der Waals surface area (Å²) in [7, 11) is 0. The van der Waals surface area contributed by atoms with Crippen LogP contribution >= 0.6 is 0 Å². The molecule has 0 radical (unpaired) electrons. The molecule has 1 atom stereocenters. The highest BCUT2D eigenvalue weighted by atomic mass is 16.5. The van der Waals surface area contributed by atoms with Gasteiger partial charge in [-0.25, -0.2) is 4.98 Å². The van der Waals surface area contributed by atoms with E-state index in [1.807, 2.05) is 12.4 Å². The number of nitrogens with one attached hydrogen (secondary N) is 2. The molecule has 1 fully saturated rings. The molecule has 0 amide bonds. The van der Waals surface area contributed by atoms with Gasteiger partial charge >= 0.3 is 0 Å². The predicted molar refractivity (Wildman–Crippen MR) is 136 cm³/mol. The van der Waals surface area contributed by atoms with E-state index in [0.29, 0.717) is 5.95 Å². The van der Waals surface area contributed by atoms with Crippen LogP contribution in [0, 0.1) is 0 Å². The molecule has 8 heteroatoms. The van der Waals surface area contributed by atoms with Crippen LogP contribution in [-0.2, 0) is 11.3 Å². The Kier molecular flexibility index (Phi) is 9.66. The lowest BCUT2D eigenvalue weighted by Crippen LogP contribution is -2.35. The van der Waals surface area contributed by atoms with Crippen LogP contribution in [0.3, 0.4) is 0 Å². The Morgan fingerprint density at radius 1 is 0.941 bits per heavy atom. The molecule has 4 rings (SSSR count). The van der Waals surface area contributed by atoms with E-state index in [-0.39, 0.29) is 6.10 Å². The molecule has 2 aromatic heterocycles. The maximum absolute atomic E-state index is 10.2. The molecule has 0 aromatic carbocycles. The Labute approximate surface area is 202 Å². The van der Waals surface area contributed by atoms with Crippen LogP contribution < -0.4 is 10.6 Å². The number of hydrogen-bond acceptors (Lipinski definition) is 8. The van der Waals surface area contributed by atoms with Crippen molar-refractivity contribution in [2.24, 2.45) is 0 Å². The Morgan fingerprint density at radius 2 is 1.79 bits per heavy atom. The highest BCUT2D eigenvalue weighted by Crippen LogP contribution is 2.26. The van der Waals surface area contributed by atoms with Crippen LogP contribution in [0.25, 0.3) is 11.3 Å². The highest BCUT2D eigenvalue weighted by molar-refractivity contribution is 5.72. The van der Waals surface area contributed by atoms with Crippen LogP contribution in [0.15, 0.2) is 36.7 Å². The summed E-state index contributed by atoms with van der Waals surface area (Å²) >= 11 is 0. The fraction of sp³-hybridized carbons (Fsp3) is 0.577. The third-order valence-corrected chi connectivity index (χ3v) is 6.32. The van der Waals surface area contributed by atoms with E-state index in [2.05, 4.69) is 44.8 Å². The van der Waals surface area contributed by atoms with Crippen molar-refractivity contribution in [2.45, 2.75) is 57.6 Å². The maximum atomic E-state index is 10.2. The Bertz CT molecular complexity index is 899. The van der Waals surface area contributed by atoms with Gasteiger partial charge in [0.1, 0.15) is 5.82 Å². The monoisotopic (exact) mass is 466 g/mol. The van der Waals surface area contributed by atoms with Crippen molar-refractivity contribution in [1.82, 2.24) is 19.9 Å². The molecular formula is C26H38N6O2. The fourth-order valence-electron chi connectivity index (χ4n) is 4.31. The van der Waals surface area contributed by atoms with E-state index in [9.17, 15) is 5.11 Å². The van der Waals surface area contributed by atoms with E-state index >= 15 is 0 Å². The van der Waals surface area contributed by atoms with E-state index in [4.69, 9.17) is 14.7 Å². The van der Waals surface area contributed by atoms with Crippen LogP contribution in [0.1, 0.15) is 50.5 Å². The molecule has 0 aliphatic carbocycles. The van der Waals surface area contributed by atoms with Gasteiger partial charge < -0.3 is 20.5 Å². The predicted octanol–water partition coefficient (Wildman–Crippen LogP) is 3.86. The minimum Gasteiger partial charge on any atom is -0.393 e. The van der Waals surface area contributed by atoms with Gasteiger partial charge in [-0.1, -0.05) is 18.2 Å². The second-order valence-electron chi connectivity index (χ2n) is 9.09. The van der Waals surface area contributed by atoms with Gasteiger partial charge in [0, 0.05) is 45.1 Å². The van der Waals surface area contributed by atoms with E-state index < -0.39 is 0 Å². The molecule has 2 aliphatic rings. The summed E-state index contributed by atoms with van der Waals surface area (Å²) in [5, 5.41) is 17.0. The number of nitrogens with zero attached hydrogens (tertiary/aromatic N) is 4. The number of allylic oxidation sites excluding steroid dienone is 1. The lowest BCUT2D eigenvalue weighted by molar-refractivity contribution is 0.0341.